The van der Waals surface area contributed by atoms with Crippen molar-refractivity contribution in [1.29, 1.82) is 0 Å². The molecule has 10 heteroatoms. The number of benzene rings is 1. The van der Waals surface area contributed by atoms with Gasteiger partial charge < -0.3 is 4.74 Å². The molecule has 1 saturated heterocycles. The zero-order chi connectivity index (χ0) is 24.2. The molecular weight excluding hydrogens is 493 g/mol. The van der Waals surface area contributed by atoms with Gasteiger partial charge in [0.25, 0.3) is 0 Å². The molecule has 4 rings (SSSR count). The number of aromatic nitrogens is 2. The van der Waals surface area contributed by atoms with Crippen molar-refractivity contribution in [3.05, 3.63) is 59.2 Å². The van der Waals surface area contributed by atoms with E-state index in [4.69, 9.17) is 4.74 Å². The molecule has 2 fully saturated rings. The van der Waals surface area contributed by atoms with Gasteiger partial charge in [0, 0.05) is 48.5 Å². The Morgan fingerprint density at radius 2 is 2.03 bits per heavy atom. The minimum atomic E-state index is -0.679. The van der Waals surface area contributed by atoms with Crippen LogP contribution in [0.4, 0.5) is 4.39 Å². The number of rotatable bonds is 9. The minimum absolute atomic E-state index is 0. The summed E-state index contributed by atoms with van der Waals surface area (Å²) >= 11 is 1.21. The SMILES string of the molecule is CCOC(=O)Cn1cc(C=C2CN(C(C(=O)C3CC3)c3ccccc3F)CC2SC(C)=O)cn1.Cl. The van der Waals surface area contributed by atoms with Crippen LogP contribution in [0.2, 0.25) is 0 Å². The summed E-state index contributed by atoms with van der Waals surface area (Å²) in [5.41, 5.74) is 2.13. The molecule has 188 valence electrons. The van der Waals surface area contributed by atoms with Crippen LogP contribution in [0.3, 0.4) is 0 Å². The van der Waals surface area contributed by atoms with Crippen LogP contribution in [0.5, 0.6) is 0 Å². The number of esters is 1. The van der Waals surface area contributed by atoms with E-state index >= 15 is 0 Å². The highest BCUT2D eigenvalue weighted by Gasteiger charge is 2.43. The summed E-state index contributed by atoms with van der Waals surface area (Å²) in [6, 6.07) is 5.75. The highest BCUT2D eigenvalue weighted by atomic mass is 35.5. The van der Waals surface area contributed by atoms with Gasteiger partial charge in [0.05, 0.1) is 18.8 Å². The van der Waals surface area contributed by atoms with Crippen LogP contribution in [-0.2, 0) is 25.7 Å². The van der Waals surface area contributed by atoms with Gasteiger partial charge in [0.1, 0.15) is 12.4 Å². The molecule has 1 aromatic carbocycles. The highest BCUT2D eigenvalue weighted by Crippen LogP contribution is 2.41. The molecule has 0 radical (unpaired) electrons. The third-order valence-corrected chi connectivity index (χ3v) is 6.99. The molecule has 0 amide bonds. The fourth-order valence-corrected chi connectivity index (χ4v) is 5.25. The lowest BCUT2D eigenvalue weighted by atomic mass is 9.97. The first-order valence-electron chi connectivity index (χ1n) is 11.4. The van der Waals surface area contributed by atoms with E-state index in [1.807, 2.05) is 11.0 Å². The lowest BCUT2D eigenvalue weighted by Crippen LogP contribution is -2.34. The Labute approximate surface area is 214 Å². The summed E-state index contributed by atoms with van der Waals surface area (Å²) in [6.07, 6.45) is 7.01. The average molecular weight is 522 g/mol. The lowest BCUT2D eigenvalue weighted by molar-refractivity contribution is -0.144. The monoisotopic (exact) mass is 521 g/mol. The van der Waals surface area contributed by atoms with Gasteiger partial charge in [-0.2, -0.15) is 5.10 Å². The second kappa shape index (κ2) is 12.0. The molecule has 1 saturated carbocycles. The largest absolute Gasteiger partial charge is 0.465 e. The minimum Gasteiger partial charge on any atom is -0.465 e. The predicted octanol–water partition coefficient (Wildman–Crippen LogP) is 4.07. The third kappa shape index (κ3) is 6.80. The Balaban J connectivity index is 0.00000342. The fraction of sp³-hybridized carbons (Fsp3) is 0.440. The number of ketones is 1. The quantitative estimate of drug-likeness (QED) is 0.460. The normalized spacial score (nSPS) is 19.9. The maximum atomic E-state index is 14.7. The van der Waals surface area contributed by atoms with Crippen molar-refractivity contribution in [2.24, 2.45) is 5.92 Å². The first-order chi connectivity index (χ1) is 16.4. The Morgan fingerprint density at radius 3 is 2.69 bits per heavy atom. The lowest BCUT2D eigenvalue weighted by Gasteiger charge is -2.27. The molecule has 1 aliphatic carbocycles. The van der Waals surface area contributed by atoms with Crippen LogP contribution in [-0.4, -0.2) is 56.5 Å². The van der Waals surface area contributed by atoms with Gasteiger partial charge >= 0.3 is 5.97 Å². The van der Waals surface area contributed by atoms with E-state index in [1.165, 1.54) is 29.4 Å². The van der Waals surface area contributed by atoms with Crippen molar-refractivity contribution in [2.75, 3.05) is 19.7 Å². The van der Waals surface area contributed by atoms with Gasteiger partial charge in [-0.15, -0.1) is 12.4 Å². The van der Waals surface area contributed by atoms with Gasteiger partial charge in [-0.25, -0.2) is 4.39 Å². The Hall–Kier alpha value is -2.49. The maximum absolute atomic E-state index is 14.7. The molecule has 1 aromatic heterocycles. The summed E-state index contributed by atoms with van der Waals surface area (Å²) in [5.74, 6) is -0.749. The van der Waals surface area contributed by atoms with Gasteiger partial charge in [-0.05, 0) is 31.4 Å². The van der Waals surface area contributed by atoms with E-state index in [2.05, 4.69) is 5.10 Å². The topological polar surface area (TPSA) is 81.5 Å². The first-order valence-corrected chi connectivity index (χ1v) is 12.3. The summed E-state index contributed by atoms with van der Waals surface area (Å²) in [6.45, 7) is 4.49. The number of carbonyl (C=O) groups is 3. The molecule has 0 spiro atoms. The second-order valence-corrected chi connectivity index (χ2v) is 10.0. The average Bonchev–Trinajstić information content (AvgIpc) is 3.44. The molecule has 7 nitrogen and oxygen atoms in total. The number of ether oxygens (including phenoxy) is 1. The highest BCUT2D eigenvalue weighted by molar-refractivity contribution is 8.14. The number of hydrogen-bond acceptors (Lipinski definition) is 7. The van der Waals surface area contributed by atoms with E-state index in [1.54, 1.807) is 37.5 Å². The zero-order valence-corrected chi connectivity index (χ0v) is 21.3. The van der Waals surface area contributed by atoms with E-state index in [0.29, 0.717) is 25.3 Å². The number of nitrogens with zero attached hydrogens (tertiary/aromatic N) is 3. The molecule has 2 atom stereocenters. The molecule has 2 heterocycles. The van der Waals surface area contributed by atoms with Crippen molar-refractivity contribution in [3.8, 4) is 0 Å². The number of thioether (sulfide) groups is 1. The molecule has 0 bridgehead atoms. The summed E-state index contributed by atoms with van der Waals surface area (Å²) in [5, 5.41) is 4.04. The van der Waals surface area contributed by atoms with Crippen LogP contribution < -0.4 is 0 Å². The van der Waals surface area contributed by atoms with E-state index in [-0.39, 0.29) is 47.0 Å². The molecule has 1 aliphatic heterocycles. The second-order valence-electron chi connectivity index (χ2n) is 8.62. The van der Waals surface area contributed by atoms with Gasteiger partial charge in [0.2, 0.25) is 0 Å². The summed E-state index contributed by atoms with van der Waals surface area (Å²) < 4.78 is 21.2. The van der Waals surface area contributed by atoms with Crippen LogP contribution in [0.15, 0.2) is 42.2 Å². The van der Waals surface area contributed by atoms with Gasteiger partial charge in [-0.1, -0.05) is 36.0 Å². The Morgan fingerprint density at radius 1 is 1.29 bits per heavy atom. The Bertz CT molecular complexity index is 1120. The Kier molecular flexibility index (Phi) is 9.27. The molecule has 2 aliphatic rings. The van der Waals surface area contributed by atoms with Crippen molar-refractivity contribution < 1.29 is 23.5 Å². The smallest absolute Gasteiger partial charge is 0.327 e. The van der Waals surface area contributed by atoms with Crippen LogP contribution in [0.25, 0.3) is 6.08 Å². The molecule has 35 heavy (non-hydrogen) atoms. The van der Waals surface area contributed by atoms with Crippen molar-refractivity contribution in [2.45, 2.75) is 44.5 Å². The first kappa shape index (κ1) is 27.1. The molecular formula is C25H29ClFN3O4S. The predicted molar refractivity (Wildman–Crippen MR) is 135 cm³/mol. The maximum Gasteiger partial charge on any atom is 0.327 e. The van der Waals surface area contributed by atoms with Crippen molar-refractivity contribution in [3.63, 3.8) is 0 Å². The zero-order valence-electron chi connectivity index (χ0n) is 19.7. The number of hydrogen-bond donors (Lipinski definition) is 0. The summed E-state index contributed by atoms with van der Waals surface area (Å²) in [7, 11) is 0. The van der Waals surface area contributed by atoms with Crippen LogP contribution in [0.1, 0.15) is 43.9 Å². The number of halogens is 2. The van der Waals surface area contributed by atoms with Gasteiger partial charge in [-0.3, -0.25) is 24.0 Å². The fourth-order valence-electron chi connectivity index (χ4n) is 4.29. The van der Waals surface area contributed by atoms with E-state index in [0.717, 1.165) is 24.0 Å². The van der Waals surface area contributed by atoms with Crippen molar-refractivity contribution >= 4 is 47.1 Å². The van der Waals surface area contributed by atoms with E-state index < -0.39 is 11.9 Å². The number of likely N-dealkylation sites (tertiary alicyclic amines) is 1. The van der Waals surface area contributed by atoms with Crippen LogP contribution >= 0.6 is 24.2 Å². The molecule has 2 aromatic rings. The molecule has 2 unspecified atom stereocenters. The number of Topliss-reactive ketones (excluding diaryl/α,β-unsaturated/α-hetero) is 1. The molecule has 0 N–H and O–H groups in total. The van der Waals surface area contributed by atoms with E-state index in [9.17, 15) is 18.8 Å². The van der Waals surface area contributed by atoms with Gasteiger partial charge in [0.15, 0.2) is 10.9 Å². The standard InChI is InChI=1S/C25H28FN3O4S.ClH/c1-3-33-23(31)15-29-12-17(11-27-29)10-19-13-28(14-22(19)34-16(2)30)24(25(32)18-8-9-18)20-6-4-5-7-21(20)26;/h4-7,10-12,18,22,24H,3,8-9,13-15H2,1-2H3;1H. The number of carbonyl (C=O) groups excluding carboxylic acids is 3. The third-order valence-electron chi connectivity index (χ3n) is 5.92. The summed E-state index contributed by atoms with van der Waals surface area (Å²) in [4.78, 5) is 38.9. The van der Waals surface area contributed by atoms with Crippen LogP contribution in [0, 0.1) is 11.7 Å². The van der Waals surface area contributed by atoms with Crippen molar-refractivity contribution in [1.82, 2.24) is 14.7 Å².